The number of hydrogen-bond acceptors (Lipinski definition) is 5. The second kappa shape index (κ2) is 10.0. The first kappa shape index (κ1) is 22.2. The standard InChI is InChI=1S/C27H31NO4/c1-4-28(16-20-9-12-22(13-10-20)27(29)30-3)17-21-11-14-23(19(2)15-21)26-18-31-24-7-5-6-8-25(24)32-26/h5-15,19,23,26H,4,16-18H2,1-3H3. The van der Waals surface area contributed by atoms with Crippen LogP contribution in [-0.4, -0.2) is 43.8 Å². The fraction of sp³-hybridized carbons (Fsp3) is 0.370. The molecule has 4 rings (SSSR count). The number of benzene rings is 2. The summed E-state index contributed by atoms with van der Waals surface area (Å²) in [6.07, 6.45) is 6.89. The van der Waals surface area contributed by atoms with Gasteiger partial charge in [-0.25, -0.2) is 4.79 Å². The fourth-order valence-electron chi connectivity index (χ4n) is 4.37. The maximum Gasteiger partial charge on any atom is 0.337 e. The quantitative estimate of drug-likeness (QED) is 0.582. The summed E-state index contributed by atoms with van der Waals surface area (Å²) >= 11 is 0. The Morgan fingerprint density at radius 2 is 1.84 bits per heavy atom. The Kier molecular flexibility index (Phi) is 6.96. The summed E-state index contributed by atoms with van der Waals surface area (Å²) in [5, 5.41) is 0. The summed E-state index contributed by atoms with van der Waals surface area (Å²) < 4.78 is 16.9. The summed E-state index contributed by atoms with van der Waals surface area (Å²) in [6.45, 7) is 7.65. The number of carbonyl (C=O) groups excluding carboxylic acids is 1. The SMILES string of the molecule is CCN(CC1=CC(C)C(C2COc3ccccc3O2)C=C1)Cc1ccc(C(=O)OC)cc1. The molecule has 168 valence electrons. The maximum absolute atomic E-state index is 11.6. The highest BCUT2D eigenvalue weighted by molar-refractivity contribution is 5.89. The van der Waals surface area contributed by atoms with Crippen LogP contribution < -0.4 is 9.47 Å². The number of allylic oxidation sites excluding steroid dienone is 1. The minimum absolute atomic E-state index is 0.0181. The van der Waals surface area contributed by atoms with E-state index < -0.39 is 0 Å². The molecule has 3 atom stereocenters. The van der Waals surface area contributed by atoms with Crippen molar-refractivity contribution >= 4 is 5.97 Å². The van der Waals surface area contributed by atoms with Crippen LogP contribution in [-0.2, 0) is 11.3 Å². The molecule has 0 saturated heterocycles. The van der Waals surface area contributed by atoms with E-state index in [1.54, 1.807) is 0 Å². The first-order valence-corrected chi connectivity index (χ1v) is 11.2. The molecule has 0 radical (unpaired) electrons. The highest BCUT2D eigenvalue weighted by Gasteiger charge is 2.31. The lowest BCUT2D eigenvalue weighted by Crippen LogP contribution is -2.39. The molecule has 1 heterocycles. The Hall–Kier alpha value is -3.05. The number of hydrogen-bond donors (Lipinski definition) is 0. The highest BCUT2D eigenvalue weighted by atomic mass is 16.6. The molecule has 5 nitrogen and oxygen atoms in total. The van der Waals surface area contributed by atoms with Crippen LogP contribution >= 0.6 is 0 Å². The molecule has 2 aliphatic rings. The topological polar surface area (TPSA) is 48.0 Å². The zero-order valence-corrected chi connectivity index (χ0v) is 19.0. The van der Waals surface area contributed by atoms with Gasteiger partial charge in [-0.3, -0.25) is 4.90 Å². The summed E-state index contributed by atoms with van der Waals surface area (Å²) in [4.78, 5) is 14.0. The highest BCUT2D eigenvalue weighted by Crippen LogP contribution is 2.36. The van der Waals surface area contributed by atoms with Gasteiger partial charge in [-0.15, -0.1) is 0 Å². The van der Waals surface area contributed by atoms with Crippen molar-refractivity contribution in [3.8, 4) is 11.5 Å². The number of carbonyl (C=O) groups is 1. The van der Waals surface area contributed by atoms with Crippen LogP contribution in [0.15, 0.2) is 72.3 Å². The third-order valence-electron chi connectivity index (χ3n) is 6.21. The number of para-hydroxylation sites is 2. The Labute approximate surface area is 190 Å². The summed E-state index contributed by atoms with van der Waals surface area (Å²) in [5.74, 6) is 2.00. The number of ether oxygens (including phenoxy) is 3. The molecule has 1 aliphatic carbocycles. The lowest BCUT2D eigenvalue weighted by atomic mass is 9.83. The van der Waals surface area contributed by atoms with Crippen molar-refractivity contribution in [3.05, 3.63) is 83.5 Å². The monoisotopic (exact) mass is 433 g/mol. The number of methoxy groups -OCH3 is 1. The molecular weight excluding hydrogens is 402 g/mol. The molecule has 2 aromatic rings. The smallest absolute Gasteiger partial charge is 0.337 e. The van der Waals surface area contributed by atoms with Gasteiger partial charge in [0.1, 0.15) is 12.7 Å². The van der Waals surface area contributed by atoms with Crippen molar-refractivity contribution in [2.75, 3.05) is 26.8 Å². The van der Waals surface area contributed by atoms with Crippen molar-refractivity contribution in [3.63, 3.8) is 0 Å². The van der Waals surface area contributed by atoms with Gasteiger partial charge in [0.05, 0.1) is 12.7 Å². The van der Waals surface area contributed by atoms with Crippen LogP contribution in [0.25, 0.3) is 0 Å². The van der Waals surface area contributed by atoms with Gasteiger partial charge in [-0.2, -0.15) is 0 Å². The predicted octanol–water partition coefficient (Wildman–Crippen LogP) is 4.88. The lowest BCUT2D eigenvalue weighted by Gasteiger charge is -2.35. The minimum atomic E-state index is -0.305. The number of esters is 1. The molecule has 0 fully saturated rings. The van der Waals surface area contributed by atoms with Crippen LogP contribution in [0.1, 0.15) is 29.8 Å². The summed E-state index contributed by atoms with van der Waals surface area (Å²) in [5.41, 5.74) is 3.07. The molecule has 0 N–H and O–H groups in total. The van der Waals surface area contributed by atoms with Crippen molar-refractivity contribution < 1.29 is 19.0 Å². The molecule has 0 aromatic heterocycles. The Bertz CT molecular complexity index is 995. The van der Waals surface area contributed by atoms with Crippen LogP contribution in [0.3, 0.4) is 0 Å². The predicted molar refractivity (Wildman–Crippen MR) is 125 cm³/mol. The first-order valence-electron chi connectivity index (χ1n) is 11.2. The van der Waals surface area contributed by atoms with E-state index in [0.29, 0.717) is 18.1 Å². The number of nitrogens with zero attached hydrogens (tertiary/aromatic N) is 1. The Morgan fingerprint density at radius 3 is 2.53 bits per heavy atom. The lowest BCUT2D eigenvalue weighted by molar-refractivity contribution is 0.0512. The van der Waals surface area contributed by atoms with E-state index in [1.807, 2.05) is 48.5 Å². The van der Waals surface area contributed by atoms with Crippen LogP contribution in [0.4, 0.5) is 0 Å². The van der Waals surface area contributed by atoms with Crippen LogP contribution in [0.2, 0.25) is 0 Å². The molecule has 2 aromatic carbocycles. The van der Waals surface area contributed by atoms with E-state index >= 15 is 0 Å². The van der Waals surface area contributed by atoms with E-state index in [1.165, 1.54) is 18.2 Å². The van der Waals surface area contributed by atoms with Crippen molar-refractivity contribution in [1.29, 1.82) is 0 Å². The van der Waals surface area contributed by atoms with Gasteiger partial charge in [-0.1, -0.05) is 56.3 Å². The largest absolute Gasteiger partial charge is 0.486 e. The van der Waals surface area contributed by atoms with Crippen molar-refractivity contribution in [2.24, 2.45) is 11.8 Å². The Morgan fingerprint density at radius 1 is 1.09 bits per heavy atom. The van der Waals surface area contributed by atoms with Gasteiger partial charge in [0, 0.05) is 19.0 Å². The zero-order valence-electron chi connectivity index (χ0n) is 19.0. The molecule has 3 unspecified atom stereocenters. The van der Waals surface area contributed by atoms with E-state index in [-0.39, 0.29) is 18.0 Å². The third kappa shape index (κ3) is 5.05. The van der Waals surface area contributed by atoms with Gasteiger partial charge >= 0.3 is 5.97 Å². The fourth-order valence-corrected chi connectivity index (χ4v) is 4.37. The number of rotatable bonds is 7. The Balaban J connectivity index is 1.35. The molecule has 0 amide bonds. The van der Waals surface area contributed by atoms with Gasteiger partial charge in [-0.05, 0) is 47.9 Å². The third-order valence-corrected chi connectivity index (χ3v) is 6.21. The molecule has 5 heteroatoms. The van der Waals surface area contributed by atoms with Crippen molar-refractivity contribution in [2.45, 2.75) is 26.5 Å². The molecule has 0 bridgehead atoms. The van der Waals surface area contributed by atoms with Crippen molar-refractivity contribution in [1.82, 2.24) is 4.90 Å². The normalized spacial score (nSPS) is 21.9. The van der Waals surface area contributed by atoms with E-state index in [0.717, 1.165) is 31.1 Å². The average molecular weight is 434 g/mol. The van der Waals surface area contributed by atoms with Crippen LogP contribution in [0, 0.1) is 11.8 Å². The van der Waals surface area contributed by atoms with E-state index in [4.69, 9.17) is 14.2 Å². The average Bonchev–Trinajstić information content (AvgIpc) is 2.83. The molecule has 0 saturated carbocycles. The van der Waals surface area contributed by atoms with Gasteiger partial charge in [0.25, 0.3) is 0 Å². The molecule has 1 aliphatic heterocycles. The van der Waals surface area contributed by atoms with E-state index in [9.17, 15) is 4.79 Å². The molecule has 32 heavy (non-hydrogen) atoms. The summed E-state index contributed by atoms with van der Waals surface area (Å²) in [6, 6.07) is 15.5. The molecule has 0 spiro atoms. The number of fused-ring (bicyclic) bond motifs is 1. The molecular formula is C27H31NO4. The van der Waals surface area contributed by atoms with Crippen LogP contribution in [0.5, 0.6) is 11.5 Å². The second-order valence-corrected chi connectivity index (χ2v) is 8.44. The second-order valence-electron chi connectivity index (χ2n) is 8.44. The van der Waals surface area contributed by atoms with Gasteiger partial charge in [0.2, 0.25) is 0 Å². The zero-order chi connectivity index (χ0) is 22.5. The summed E-state index contributed by atoms with van der Waals surface area (Å²) in [7, 11) is 1.40. The van der Waals surface area contributed by atoms with E-state index in [2.05, 4.69) is 37.0 Å². The minimum Gasteiger partial charge on any atom is -0.486 e. The number of likely N-dealkylation sites (N-methyl/N-ethyl adjacent to an activating group) is 1. The van der Waals surface area contributed by atoms with Gasteiger partial charge < -0.3 is 14.2 Å². The first-order chi connectivity index (χ1) is 15.6. The maximum atomic E-state index is 11.6. The van der Waals surface area contributed by atoms with Gasteiger partial charge in [0.15, 0.2) is 11.5 Å².